The van der Waals surface area contributed by atoms with Crippen molar-refractivity contribution in [1.82, 2.24) is 9.88 Å². The molecule has 1 fully saturated rings. The minimum Gasteiger partial charge on any atom is -0.358 e. The molecule has 4 heteroatoms. The molecular formula is C25H28ClFN2. The predicted octanol–water partition coefficient (Wildman–Crippen LogP) is 6.81. The normalized spacial score (nSPS) is 16.6. The second kappa shape index (κ2) is 8.73. The zero-order valence-corrected chi connectivity index (χ0v) is 17.9. The Kier molecular flexibility index (Phi) is 6.07. The monoisotopic (exact) mass is 410 g/mol. The van der Waals surface area contributed by atoms with Crippen LogP contribution in [0.25, 0.3) is 22.0 Å². The first-order chi connectivity index (χ1) is 14.1. The van der Waals surface area contributed by atoms with Crippen molar-refractivity contribution in [2.75, 3.05) is 19.6 Å². The fourth-order valence-electron chi connectivity index (χ4n) is 4.50. The molecule has 1 saturated heterocycles. The number of aromatic amines is 1. The summed E-state index contributed by atoms with van der Waals surface area (Å²) in [7, 11) is 0. The molecule has 2 heterocycles. The van der Waals surface area contributed by atoms with Crippen molar-refractivity contribution in [2.45, 2.75) is 39.0 Å². The molecule has 1 aliphatic rings. The van der Waals surface area contributed by atoms with E-state index in [4.69, 9.17) is 11.6 Å². The van der Waals surface area contributed by atoms with Gasteiger partial charge in [-0.3, -0.25) is 0 Å². The number of halogens is 2. The van der Waals surface area contributed by atoms with E-state index in [0.29, 0.717) is 11.0 Å². The van der Waals surface area contributed by atoms with E-state index in [9.17, 15) is 4.39 Å². The van der Waals surface area contributed by atoms with Gasteiger partial charge >= 0.3 is 0 Å². The molecule has 152 valence electrons. The molecule has 0 aliphatic carbocycles. The number of H-pyrrole nitrogens is 1. The summed E-state index contributed by atoms with van der Waals surface area (Å²) in [6.07, 6.45) is 5.41. The number of hydrogen-bond donors (Lipinski definition) is 1. The van der Waals surface area contributed by atoms with Crippen LogP contribution in [0.4, 0.5) is 4.39 Å². The quantitative estimate of drug-likeness (QED) is 0.458. The first-order valence-corrected chi connectivity index (χ1v) is 11.0. The molecule has 0 atom stereocenters. The average Bonchev–Trinajstić information content (AvgIpc) is 3.12. The first kappa shape index (κ1) is 20.2. The molecule has 1 aromatic heterocycles. The Morgan fingerprint density at radius 2 is 1.86 bits per heavy atom. The molecule has 0 unspecified atom stereocenters. The van der Waals surface area contributed by atoms with Gasteiger partial charge < -0.3 is 9.88 Å². The van der Waals surface area contributed by atoms with Gasteiger partial charge in [0.05, 0.1) is 0 Å². The standard InChI is InChI=1S/C25H28ClFN2/c1-3-23-25(19-11-13-29(4-2)14-12-19)21-15-17(5-10-24(21)28-23)16-22(26)18-6-8-20(27)9-7-18/h5-10,15-16,19,28H,3-4,11-14H2,1-2H3. The van der Waals surface area contributed by atoms with Crippen LogP contribution < -0.4 is 0 Å². The molecule has 29 heavy (non-hydrogen) atoms. The predicted molar refractivity (Wildman–Crippen MR) is 122 cm³/mol. The minimum atomic E-state index is -0.252. The maximum Gasteiger partial charge on any atom is 0.123 e. The summed E-state index contributed by atoms with van der Waals surface area (Å²) in [6.45, 7) is 7.95. The van der Waals surface area contributed by atoms with Crippen molar-refractivity contribution < 1.29 is 4.39 Å². The van der Waals surface area contributed by atoms with E-state index in [1.54, 1.807) is 12.1 Å². The number of nitrogens with zero attached hydrogens (tertiary/aromatic N) is 1. The topological polar surface area (TPSA) is 19.0 Å². The number of aryl methyl sites for hydroxylation is 1. The van der Waals surface area contributed by atoms with Crippen molar-refractivity contribution in [3.8, 4) is 0 Å². The summed E-state index contributed by atoms with van der Waals surface area (Å²) in [6, 6.07) is 12.8. The summed E-state index contributed by atoms with van der Waals surface area (Å²) in [4.78, 5) is 6.18. The van der Waals surface area contributed by atoms with Gasteiger partial charge in [-0.25, -0.2) is 4.39 Å². The van der Waals surface area contributed by atoms with Gasteiger partial charge in [-0.15, -0.1) is 0 Å². The van der Waals surface area contributed by atoms with Crippen LogP contribution in [-0.4, -0.2) is 29.5 Å². The lowest BCUT2D eigenvalue weighted by molar-refractivity contribution is 0.222. The Hall–Kier alpha value is -2.10. The van der Waals surface area contributed by atoms with E-state index >= 15 is 0 Å². The van der Waals surface area contributed by atoms with Crippen LogP contribution in [0.15, 0.2) is 42.5 Å². The van der Waals surface area contributed by atoms with Crippen LogP contribution in [0, 0.1) is 5.82 Å². The molecular weight excluding hydrogens is 383 g/mol. The number of piperidine rings is 1. The van der Waals surface area contributed by atoms with Crippen LogP contribution >= 0.6 is 11.6 Å². The Morgan fingerprint density at radius 1 is 1.14 bits per heavy atom. The SMILES string of the molecule is CCc1[nH]c2ccc(C=C(Cl)c3ccc(F)cc3)cc2c1C1CCN(CC)CC1. The molecule has 0 saturated carbocycles. The van der Waals surface area contributed by atoms with E-state index in [1.165, 1.54) is 60.2 Å². The van der Waals surface area contributed by atoms with E-state index in [2.05, 4.69) is 41.9 Å². The van der Waals surface area contributed by atoms with Gasteiger partial charge in [0.15, 0.2) is 0 Å². The van der Waals surface area contributed by atoms with Crippen molar-refractivity contribution in [3.63, 3.8) is 0 Å². The highest BCUT2D eigenvalue weighted by atomic mass is 35.5. The van der Waals surface area contributed by atoms with E-state index in [-0.39, 0.29) is 5.82 Å². The van der Waals surface area contributed by atoms with Gasteiger partial charge in [-0.2, -0.15) is 0 Å². The number of aromatic nitrogens is 1. The van der Waals surface area contributed by atoms with Gasteiger partial charge in [-0.05, 0) is 91.8 Å². The molecule has 1 aliphatic heterocycles. The van der Waals surface area contributed by atoms with Gasteiger partial charge in [-0.1, -0.05) is 43.6 Å². The average molecular weight is 411 g/mol. The number of rotatable bonds is 5. The largest absolute Gasteiger partial charge is 0.358 e. The summed E-state index contributed by atoms with van der Waals surface area (Å²) in [5, 5.41) is 1.93. The number of fused-ring (bicyclic) bond motifs is 1. The van der Waals surface area contributed by atoms with E-state index in [1.807, 2.05) is 6.08 Å². The fraction of sp³-hybridized carbons (Fsp3) is 0.360. The highest BCUT2D eigenvalue weighted by Gasteiger charge is 2.24. The molecule has 4 rings (SSSR count). The molecule has 2 nitrogen and oxygen atoms in total. The molecule has 0 spiro atoms. The maximum absolute atomic E-state index is 13.2. The third kappa shape index (κ3) is 4.26. The Balaban J connectivity index is 1.69. The lowest BCUT2D eigenvalue weighted by Crippen LogP contribution is -2.32. The summed E-state index contributed by atoms with van der Waals surface area (Å²) >= 11 is 6.52. The van der Waals surface area contributed by atoms with Crippen molar-refractivity contribution in [1.29, 1.82) is 0 Å². The smallest absolute Gasteiger partial charge is 0.123 e. The highest BCUT2D eigenvalue weighted by molar-refractivity contribution is 6.51. The van der Waals surface area contributed by atoms with Crippen molar-refractivity contribution in [3.05, 3.63) is 70.7 Å². The Bertz CT molecular complexity index is 1010. The van der Waals surface area contributed by atoms with Crippen LogP contribution in [0.2, 0.25) is 0 Å². The second-order valence-electron chi connectivity index (χ2n) is 7.88. The zero-order valence-electron chi connectivity index (χ0n) is 17.1. The number of hydrogen-bond acceptors (Lipinski definition) is 1. The summed E-state index contributed by atoms with van der Waals surface area (Å²) in [5.41, 5.74) is 5.95. The van der Waals surface area contributed by atoms with Crippen molar-refractivity contribution in [2.24, 2.45) is 0 Å². The van der Waals surface area contributed by atoms with E-state index in [0.717, 1.165) is 24.1 Å². The summed E-state index contributed by atoms with van der Waals surface area (Å²) in [5.74, 6) is 0.353. The minimum absolute atomic E-state index is 0.252. The third-order valence-electron chi connectivity index (χ3n) is 6.15. The number of likely N-dealkylation sites (tertiary alicyclic amines) is 1. The molecule has 0 radical (unpaired) electrons. The molecule has 1 N–H and O–H groups in total. The molecule has 2 aromatic carbocycles. The lowest BCUT2D eigenvalue weighted by Gasteiger charge is -2.31. The molecule has 0 bridgehead atoms. The van der Waals surface area contributed by atoms with Gasteiger partial charge in [0.2, 0.25) is 0 Å². The van der Waals surface area contributed by atoms with Crippen LogP contribution in [0.5, 0.6) is 0 Å². The van der Waals surface area contributed by atoms with Crippen LogP contribution in [0.1, 0.15) is 55.0 Å². The molecule has 3 aromatic rings. The van der Waals surface area contributed by atoms with Gasteiger partial charge in [0.1, 0.15) is 5.82 Å². The Morgan fingerprint density at radius 3 is 2.52 bits per heavy atom. The molecule has 0 amide bonds. The second-order valence-corrected chi connectivity index (χ2v) is 8.29. The Labute approximate surface area is 177 Å². The first-order valence-electron chi connectivity index (χ1n) is 10.6. The summed E-state index contributed by atoms with van der Waals surface area (Å²) < 4.78 is 13.2. The van der Waals surface area contributed by atoms with Crippen LogP contribution in [0.3, 0.4) is 0 Å². The van der Waals surface area contributed by atoms with Gasteiger partial charge in [0.25, 0.3) is 0 Å². The number of benzene rings is 2. The van der Waals surface area contributed by atoms with Gasteiger partial charge in [0, 0.05) is 21.6 Å². The fourth-order valence-corrected chi connectivity index (χ4v) is 4.75. The van der Waals surface area contributed by atoms with E-state index < -0.39 is 0 Å². The lowest BCUT2D eigenvalue weighted by atomic mass is 9.86. The third-order valence-corrected chi connectivity index (χ3v) is 6.48. The van der Waals surface area contributed by atoms with Crippen molar-refractivity contribution >= 4 is 33.6 Å². The number of nitrogens with one attached hydrogen (secondary N) is 1. The maximum atomic E-state index is 13.2. The zero-order chi connectivity index (χ0) is 20.4. The van der Waals surface area contributed by atoms with Crippen LogP contribution in [-0.2, 0) is 6.42 Å². The highest BCUT2D eigenvalue weighted by Crippen LogP contribution is 2.37.